The standard InChI is InChI=1S/C19H28N2O4/c1-6-21-17(22)10-14(19(23)20-11-12(2)3)18(21)13-7-8-15(24-4)16(9-13)25-5/h7-9,12,14,18H,6,10-11H2,1-5H3,(H,20,23)/t14-,18+/m1/s1. The fourth-order valence-corrected chi connectivity index (χ4v) is 3.28. The van der Waals surface area contributed by atoms with Crippen LogP contribution in [0.1, 0.15) is 38.8 Å². The fraction of sp³-hybridized carbons (Fsp3) is 0.579. The number of benzene rings is 1. The summed E-state index contributed by atoms with van der Waals surface area (Å²) in [5.41, 5.74) is 0.884. The number of hydrogen-bond donors (Lipinski definition) is 1. The minimum absolute atomic E-state index is 0.00646. The van der Waals surface area contributed by atoms with E-state index >= 15 is 0 Å². The SMILES string of the molecule is CCN1C(=O)C[C@@H](C(=O)NCC(C)C)[C@@H]1c1ccc(OC)c(OC)c1. The van der Waals surface area contributed by atoms with E-state index in [0.717, 1.165) is 5.56 Å². The molecule has 0 radical (unpaired) electrons. The van der Waals surface area contributed by atoms with Crippen LogP contribution in [-0.4, -0.2) is 44.0 Å². The molecule has 0 saturated carbocycles. The van der Waals surface area contributed by atoms with E-state index in [0.29, 0.717) is 30.5 Å². The van der Waals surface area contributed by atoms with Crippen LogP contribution in [0.5, 0.6) is 11.5 Å². The number of carbonyl (C=O) groups excluding carboxylic acids is 2. The van der Waals surface area contributed by atoms with Crippen LogP contribution in [0.3, 0.4) is 0 Å². The molecule has 2 amide bonds. The Hall–Kier alpha value is -2.24. The summed E-state index contributed by atoms with van der Waals surface area (Å²) in [6, 6.07) is 5.28. The molecule has 6 nitrogen and oxygen atoms in total. The third-order valence-electron chi connectivity index (χ3n) is 4.54. The molecule has 0 aromatic heterocycles. The Bertz CT molecular complexity index is 630. The molecule has 1 aliphatic rings. The Morgan fingerprint density at radius 3 is 2.52 bits per heavy atom. The minimum Gasteiger partial charge on any atom is -0.493 e. The van der Waals surface area contributed by atoms with Gasteiger partial charge in [0.2, 0.25) is 11.8 Å². The van der Waals surface area contributed by atoms with Crippen molar-refractivity contribution in [2.45, 2.75) is 33.2 Å². The fourth-order valence-electron chi connectivity index (χ4n) is 3.28. The van der Waals surface area contributed by atoms with Crippen molar-refractivity contribution in [3.63, 3.8) is 0 Å². The summed E-state index contributed by atoms with van der Waals surface area (Å²) in [6.07, 6.45) is 0.233. The molecule has 2 rings (SSSR count). The normalized spacial score (nSPS) is 20.1. The highest BCUT2D eigenvalue weighted by Crippen LogP contribution is 2.41. The second-order valence-corrected chi connectivity index (χ2v) is 6.69. The highest BCUT2D eigenvalue weighted by Gasteiger charge is 2.43. The van der Waals surface area contributed by atoms with Crippen LogP contribution in [0, 0.1) is 11.8 Å². The highest BCUT2D eigenvalue weighted by molar-refractivity contribution is 5.90. The topological polar surface area (TPSA) is 67.9 Å². The minimum atomic E-state index is -0.399. The van der Waals surface area contributed by atoms with Gasteiger partial charge in [-0.15, -0.1) is 0 Å². The quantitative estimate of drug-likeness (QED) is 0.821. The van der Waals surface area contributed by atoms with E-state index in [1.807, 2.05) is 39.0 Å². The monoisotopic (exact) mass is 348 g/mol. The Morgan fingerprint density at radius 2 is 1.96 bits per heavy atom. The first-order valence-electron chi connectivity index (χ1n) is 8.72. The summed E-state index contributed by atoms with van der Waals surface area (Å²) < 4.78 is 10.7. The molecule has 25 heavy (non-hydrogen) atoms. The van der Waals surface area contributed by atoms with Crippen molar-refractivity contribution in [2.24, 2.45) is 11.8 Å². The lowest BCUT2D eigenvalue weighted by Gasteiger charge is -2.28. The maximum atomic E-state index is 12.7. The summed E-state index contributed by atoms with van der Waals surface area (Å²) in [7, 11) is 3.16. The molecular weight excluding hydrogens is 320 g/mol. The van der Waals surface area contributed by atoms with Gasteiger partial charge in [-0.3, -0.25) is 9.59 Å². The Balaban J connectivity index is 2.35. The Labute approximate surface area is 149 Å². The number of methoxy groups -OCH3 is 2. The number of nitrogens with one attached hydrogen (secondary N) is 1. The molecule has 0 aliphatic carbocycles. The average Bonchev–Trinajstić information content (AvgIpc) is 2.95. The second-order valence-electron chi connectivity index (χ2n) is 6.69. The summed E-state index contributed by atoms with van der Waals surface area (Å²) in [4.78, 5) is 26.8. The van der Waals surface area contributed by atoms with Crippen molar-refractivity contribution in [3.8, 4) is 11.5 Å². The molecule has 1 fully saturated rings. The van der Waals surface area contributed by atoms with Gasteiger partial charge in [0.1, 0.15) is 0 Å². The first-order valence-corrected chi connectivity index (χ1v) is 8.72. The van der Waals surface area contributed by atoms with Crippen molar-refractivity contribution >= 4 is 11.8 Å². The maximum Gasteiger partial charge on any atom is 0.226 e. The largest absolute Gasteiger partial charge is 0.493 e. The van der Waals surface area contributed by atoms with Gasteiger partial charge in [0.25, 0.3) is 0 Å². The van der Waals surface area contributed by atoms with Gasteiger partial charge in [0.05, 0.1) is 26.2 Å². The zero-order chi connectivity index (χ0) is 18.6. The van der Waals surface area contributed by atoms with E-state index in [4.69, 9.17) is 9.47 Å². The first kappa shape index (κ1) is 19.1. The molecule has 0 bridgehead atoms. The van der Waals surface area contributed by atoms with Gasteiger partial charge in [-0.1, -0.05) is 19.9 Å². The van der Waals surface area contributed by atoms with Crippen LogP contribution < -0.4 is 14.8 Å². The summed E-state index contributed by atoms with van der Waals surface area (Å²) >= 11 is 0. The van der Waals surface area contributed by atoms with Crippen LogP contribution in [0.4, 0.5) is 0 Å². The van der Waals surface area contributed by atoms with Crippen LogP contribution in [0.25, 0.3) is 0 Å². The Kier molecular flexibility index (Phi) is 6.28. The molecule has 1 saturated heterocycles. The molecule has 1 aromatic rings. The number of ether oxygens (including phenoxy) is 2. The van der Waals surface area contributed by atoms with E-state index in [-0.39, 0.29) is 24.3 Å². The van der Waals surface area contributed by atoms with Crippen molar-refractivity contribution in [1.29, 1.82) is 0 Å². The zero-order valence-corrected chi connectivity index (χ0v) is 15.7. The molecule has 1 aliphatic heterocycles. The first-order chi connectivity index (χ1) is 11.9. The van der Waals surface area contributed by atoms with Gasteiger partial charge >= 0.3 is 0 Å². The Morgan fingerprint density at radius 1 is 1.28 bits per heavy atom. The van der Waals surface area contributed by atoms with E-state index < -0.39 is 5.92 Å². The van der Waals surface area contributed by atoms with Gasteiger partial charge < -0.3 is 19.7 Å². The highest BCUT2D eigenvalue weighted by atomic mass is 16.5. The van der Waals surface area contributed by atoms with Gasteiger partial charge in [0.15, 0.2) is 11.5 Å². The van der Waals surface area contributed by atoms with Gasteiger partial charge in [0, 0.05) is 19.5 Å². The smallest absolute Gasteiger partial charge is 0.226 e. The van der Waals surface area contributed by atoms with Crippen molar-refractivity contribution in [2.75, 3.05) is 27.3 Å². The number of amides is 2. The van der Waals surface area contributed by atoms with Crippen molar-refractivity contribution in [1.82, 2.24) is 10.2 Å². The molecule has 1 heterocycles. The van der Waals surface area contributed by atoms with Crippen LogP contribution in [-0.2, 0) is 9.59 Å². The van der Waals surface area contributed by atoms with Gasteiger partial charge in [-0.25, -0.2) is 0 Å². The van der Waals surface area contributed by atoms with Crippen molar-refractivity contribution < 1.29 is 19.1 Å². The predicted molar refractivity (Wildman–Crippen MR) is 95.6 cm³/mol. The average molecular weight is 348 g/mol. The van der Waals surface area contributed by atoms with Gasteiger partial charge in [-0.05, 0) is 30.5 Å². The van der Waals surface area contributed by atoms with E-state index in [2.05, 4.69) is 5.32 Å². The molecule has 2 atom stereocenters. The van der Waals surface area contributed by atoms with Crippen LogP contribution in [0.2, 0.25) is 0 Å². The third-order valence-corrected chi connectivity index (χ3v) is 4.54. The number of likely N-dealkylation sites (tertiary alicyclic amines) is 1. The molecule has 138 valence electrons. The van der Waals surface area contributed by atoms with E-state index in [1.165, 1.54) is 0 Å². The lowest BCUT2D eigenvalue weighted by molar-refractivity contribution is -0.129. The summed E-state index contributed by atoms with van der Waals surface area (Å²) in [6.45, 7) is 7.19. The van der Waals surface area contributed by atoms with Gasteiger partial charge in [-0.2, -0.15) is 0 Å². The third kappa shape index (κ3) is 4.06. The maximum absolute atomic E-state index is 12.7. The number of nitrogens with zero attached hydrogens (tertiary/aromatic N) is 1. The lowest BCUT2D eigenvalue weighted by atomic mass is 9.92. The molecule has 1 aromatic carbocycles. The molecule has 0 spiro atoms. The predicted octanol–water partition coefficient (Wildman–Crippen LogP) is 2.39. The number of hydrogen-bond acceptors (Lipinski definition) is 4. The van der Waals surface area contributed by atoms with E-state index in [1.54, 1.807) is 19.1 Å². The summed E-state index contributed by atoms with van der Waals surface area (Å²) in [5.74, 6) is 1.12. The number of rotatable bonds is 7. The zero-order valence-electron chi connectivity index (χ0n) is 15.7. The molecule has 1 N–H and O–H groups in total. The molecule has 6 heteroatoms. The number of carbonyl (C=O) groups is 2. The molecular formula is C19H28N2O4. The summed E-state index contributed by atoms with van der Waals surface area (Å²) in [5, 5.41) is 2.97. The lowest BCUT2D eigenvalue weighted by Crippen LogP contribution is -2.37. The van der Waals surface area contributed by atoms with E-state index in [9.17, 15) is 9.59 Å². The molecule has 0 unspecified atom stereocenters. The van der Waals surface area contributed by atoms with Crippen LogP contribution in [0.15, 0.2) is 18.2 Å². The second kappa shape index (κ2) is 8.23. The van der Waals surface area contributed by atoms with Crippen LogP contribution >= 0.6 is 0 Å². The van der Waals surface area contributed by atoms with Crippen molar-refractivity contribution in [3.05, 3.63) is 23.8 Å².